The van der Waals surface area contributed by atoms with Crippen LogP contribution in [0.5, 0.6) is 0 Å². The zero-order valence-corrected chi connectivity index (χ0v) is 19.8. The topological polar surface area (TPSA) is 44.4 Å². The number of hydrogen-bond donors (Lipinski definition) is 2. The van der Waals surface area contributed by atoms with Gasteiger partial charge in [-0.15, -0.1) is 0 Å². The SMILES string of the molecule is CCCCC[C@@H](F)[C@H](F)C(=O)Nc1ccc(NCc2ccc(C(F)(F)F)cc2)cc1N1CCCC1. The summed E-state index contributed by atoms with van der Waals surface area (Å²) in [5.74, 6) is -1.00. The Kier molecular flexibility index (Phi) is 9.34. The number of unbranched alkanes of at least 4 members (excludes halogenated alkanes) is 2. The summed E-state index contributed by atoms with van der Waals surface area (Å²) in [6.45, 7) is 3.81. The molecule has 0 radical (unpaired) electrons. The number of rotatable bonds is 11. The van der Waals surface area contributed by atoms with E-state index in [2.05, 4.69) is 15.5 Å². The zero-order chi connectivity index (χ0) is 25.4. The van der Waals surface area contributed by atoms with E-state index in [1.165, 1.54) is 12.1 Å². The highest BCUT2D eigenvalue weighted by Gasteiger charge is 2.30. The standard InChI is InChI=1S/C26H32F5N3O/c1-2-3-4-7-21(27)24(28)25(35)33-22-13-12-20(16-23(22)34-14-5-6-15-34)32-17-18-8-10-19(11-9-18)26(29,30)31/h8-13,16,21,24,32H,2-7,14-15,17H2,1H3,(H,33,35)/t21-,24+/m1/s1. The molecule has 2 aromatic carbocycles. The number of amides is 1. The van der Waals surface area contributed by atoms with E-state index >= 15 is 0 Å². The lowest BCUT2D eigenvalue weighted by Crippen LogP contribution is -2.33. The Morgan fingerprint density at radius 2 is 1.71 bits per heavy atom. The van der Waals surface area contributed by atoms with Gasteiger partial charge in [0.25, 0.3) is 5.91 Å². The fourth-order valence-corrected chi connectivity index (χ4v) is 4.08. The second-order valence-electron chi connectivity index (χ2n) is 8.88. The van der Waals surface area contributed by atoms with Crippen molar-refractivity contribution in [1.29, 1.82) is 0 Å². The zero-order valence-electron chi connectivity index (χ0n) is 19.8. The number of anilines is 3. The van der Waals surface area contributed by atoms with Gasteiger partial charge in [0.1, 0.15) is 6.17 Å². The van der Waals surface area contributed by atoms with Crippen LogP contribution in [-0.4, -0.2) is 31.3 Å². The molecule has 1 saturated heterocycles. The predicted molar refractivity (Wildman–Crippen MR) is 129 cm³/mol. The highest BCUT2D eigenvalue weighted by molar-refractivity contribution is 5.98. The third-order valence-electron chi connectivity index (χ3n) is 6.13. The highest BCUT2D eigenvalue weighted by atomic mass is 19.4. The maximum atomic E-state index is 14.4. The Labute approximate surface area is 202 Å². The predicted octanol–water partition coefficient (Wildman–Crippen LogP) is 7.11. The molecule has 0 aromatic heterocycles. The fraction of sp³-hybridized carbons (Fsp3) is 0.500. The molecule has 0 saturated carbocycles. The molecule has 192 valence electrons. The number of alkyl halides is 5. The van der Waals surface area contributed by atoms with Crippen molar-refractivity contribution in [2.24, 2.45) is 0 Å². The van der Waals surface area contributed by atoms with Gasteiger partial charge in [-0.3, -0.25) is 4.79 Å². The average Bonchev–Trinajstić information content (AvgIpc) is 3.37. The Morgan fingerprint density at radius 1 is 1.03 bits per heavy atom. The van der Waals surface area contributed by atoms with Crippen LogP contribution in [0.3, 0.4) is 0 Å². The summed E-state index contributed by atoms with van der Waals surface area (Å²) < 4.78 is 66.9. The lowest BCUT2D eigenvalue weighted by atomic mass is 10.1. The van der Waals surface area contributed by atoms with Crippen LogP contribution in [0.4, 0.5) is 39.0 Å². The molecule has 2 atom stereocenters. The molecule has 0 aliphatic carbocycles. The number of benzene rings is 2. The van der Waals surface area contributed by atoms with Crippen molar-refractivity contribution in [2.75, 3.05) is 28.6 Å². The van der Waals surface area contributed by atoms with Gasteiger partial charge in [-0.25, -0.2) is 8.78 Å². The lowest BCUT2D eigenvalue weighted by molar-refractivity contribution is -0.137. The second-order valence-corrected chi connectivity index (χ2v) is 8.88. The van der Waals surface area contributed by atoms with Crippen LogP contribution in [-0.2, 0) is 17.5 Å². The number of halogens is 5. The van der Waals surface area contributed by atoms with Gasteiger partial charge in [0.15, 0.2) is 0 Å². The molecular formula is C26H32F5N3O. The van der Waals surface area contributed by atoms with Gasteiger partial charge in [0, 0.05) is 25.3 Å². The molecule has 3 rings (SSSR count). The summed E-state index contributed by atoms with van der Waals surface area (Å²) in [4.78, 5) is 14.5. The minimum absolute atomic E-state index is 0.00815. The average molecular weight is 498 g/mol. The molecule has 0 bridgehead atoms. The van der Waals surface area contributed by atoms with Crippen molar-refractivity contribution in [3.63, 3.8) is 0 Å². The van der Waals surface area contributed by atoms with Gasteiger partial charge < -0.3 is 15.5 Å². The number of carbonyl (C=O) groups is 1. The first-order chi connectivity index (χ1) is 16.7. The van der Waals surface area contributed by atoms with Gasteiger partial charge >= 0.3 is 6.18 Å². The van der Waals surface area contributed by atoms with Crippen LogP contribution >= 0.6 is 0 Å². The summed E-state index contributed by atoms with van der Waals surface area (Å²) in [5, 5.41) is 5.73. The molecule has 1 amide bonds. The number of nitrogens with zero attached hydrogens (tertiary/aromatic N) is 1. The smallest absolute Gasteiger partial charge is 0.381 e. The van der Waals surface area contributed by atoms with Crippen LogP contribution in [0, 0.1) is 0 Å². The molecule has 1 heterocycles. The van der Waals surface area contributed by atoms with Crippen molar-refractivity contribution >= 4 is 23.0 Å². The van der Waals surface area contributed by atoms with E-state index in [0.717, 1.165) is 50.9 Å². The molecule has 0 unspecified atom stereocenters. The molecule has 9 heteroatoms. The lowest BCUT2D eigenvalue weighted by Gasteiger charge is -2.24. The van der Waals surface area contributed by atoms with Crippen LogP contribution in [0.1, 0.15) is 56.6 Å². The maximum Gasteiger partial charge on any atom is 0.416 e. The Morgan fingerprint density at radius 3 is 2.34 bits per heavy atom. The molecule has 1 fully saturated rings. The molecule has 2 aromatic rings. The van der Waals surface area contributed by atoms with E-state index in [1.807, 2.05) is 13.0 Å². The van der Waals surface area contributed by atoms with E-state index in [0.29, 0.717) is 35.6 Å². The van der Waals surface area contributed by atoms with E-state index in [9.17, 15) is 26.7 Å². The summed E-state index contributed by atoms with van der Waals surface area (Å²) >= 11 is 0. The number of hydrogen-bond acceptors (Lipinski definition) is 3. The molecule has 2 N–H and O–H groups in total. The van der Waals surface area contributed by atoms with Crippen molar-refractivity contribution < 1.29 is 26.7 Å². The van der Waals surface area contributed by atoms with E-state index in [-0.39, 0.29) is 6.42 Å². The first-order valence-electron chi connectivity index (χ1n) is 12.1. The van der Waals surface area contributed by atoms with E-state index in [1.54, 1.807) is 12.1 Å². The Bertz CT molecular complexity index is 958. The number of nitrogens with one attached hydrogen (secondary N) is 2. The third-order valence-corrected chi connectivity index (χ3v) is 6.13. The Balaban J connectivity index is 1.68. The van der Waals surface area contributed by atoms with E-state index in [4.69, 9.17) is 0 Å². The minimum atomic E-state index is -4.38. The van der Waals surface area contributed by atoms with Gasteiger partial charge in [-0.1, -0.05) is 38.3 Å². The van der Waals surface area contributed by atoms with Crippen molar-refractivity contribution in [3.05, 3.63) is 53.6 Å². The summed E-state index contributed by atoms with van der Waals surface area (Å²) in [6, 6.07) is 10.1. The monoisotopic (exact) mass is 497 g/mol. The largest absolute Gasteiger partial charge is 0.416 e. The van der Waals surface area contributed by atoms with Crippen LogP contribution in [0.25, 0.3) is 0 Å². The van der Waals surface area contributed by atoms with Crippen LogP contribution < -0.4 is 15.5 Å². The van der Waals surface area contributed by atoms with Crippen LogP contribution in [0.15, 0.2) is 42.5 Å². The molecule has 1 aliphatic rings. The first kappa shape index (κ1) is 26.8. The van der Waals surface area contributed by atoms with Crippen molar-refractivity contribution in [2.45, 2.75) is 70.5 Å². The fourth-order valence-electron chi connectivity index (χ4n) is 4.08. The molecule has 4 nitrogen and oxygen atoms in total. The molecule has 35 heavy (non-hydrogen) atoms. The third kappa shape index (κ3) is 7.57. The second kappa shape index (κ2) is 12.2. The van der Waals surface area contributed by atoms with Gasteiger partial charge in [-0.05, 0) is 55.2 Å². The molecular weight excluding hydrogens is 465 g/mol. The summed E-state index contributed by atoms with van der Waals surface area (Å²) in [6.07, 6.45) is -4.30. The van der Waals surface area contributed by atoms with Crippen molar-refractivity contribution in [1.82, 2.24) is 0 Å². The molecule has 1 aliphatic heterocycles. The van der Waals surface area contributed by atoms with Gasteiger partial charge in [0.2, 0.25) is 6.17 Å². The first-order valence-corrected chi connectivity index (χ1v) is 12.1. The quantitative estimate of drug-likeness (QED) is 0.257. The van der Waals surface area contributed by atoms with Gasteiger partial charge in [0.05, 0.1) is 16.9 Å². The maximum absolute atomic E-state index is 14.4. The summed E-state index contributed by atoms with van der Waals surface area (Å²) in [5.41, 5.74) is 1.77. The highest BCUT2D eigenvalue weighted by Crippen LogP contribution is 2.33. The minimum Gasteiger partial charge on any atom is -0.381 e. The Hall–Kier alpha value is -2.84. The summed E-state index contributed by atoms with van der Waals surface area (Å²) in [7, 11) is 0. The normalized spacial score (nSPS) is 15.7. The molecule has 0 spiro atoms. The van der Waals surface area contributed by atoms with E-state index < -0.39 is 30.0 Å². The van der Waals surface area contributed by atoms with Crippen molar-refractivity contribution in [3.8, 4) is 0 Å². The van der Waals surface area contributed by atoms with Crippen LogP contribution in [0.2, 0.25) is 0 Å². The number of carbonyl (C=O) groups excluding carboxylic acids is 1. The van der Waals surface area contributed by atoms with Gasteiger partial charge in [-0.2, -0.15) is 13.2 Å².